The van der Waals surface area contributed by atoms with Gasteiger partial charge >= 0.3 is 0 Å². The van der Waals surface area contributed by atoms with Gasteiger partial charge in [-0.25, -0.2) is 0 Å². The fraction of sp³-hybridized carbons (Fsp3) is 1.00. The third-order valence-electron chi connectivity index (χ3n) is 3.30. The summed E-state index contributed by atoms with van der Waals surface area (Å²) in [6.07, 6.45) is 12.2. The standard InChI is InChI=1S/C15H33N/c1-5-8-10-12-14(4)16-15(11-7-3)13-9-6-2/h14-16H,5-13H2,1-4H3. The van der Waals surface area contributed by atoms with Gasteiger partial charge in [0.2, 0.25) is 0 Å². The molecule has 0 radical (unpaired) electrons. The molecular formula is C15H33N. The van der Waals surface area contributed by atoms with Crippen molar-refractivity contribution in [3.8, 4) is 0 Å². The molecule has 2 unspecified atom stereocenters. The molecule has 0 aromatic rings. The highest BCUT2D eigenvalue weighted by molar-refractivity contribution is 4.71. The quantitative estimate of drug-likeness (QED) is 0.495. The summed E-state index contributed by atoms with van der Waals surface area (Å²) >= 11 is 0. The number of nitrogens with one attached hydrogen (secondary N) is 1. The van der Waals surface area contributed by atoms with Crippen molar-refractivity contribution in [1.29, 1.82) is 0 Å². The van der Waals surface area contributed by atoms with E-state index < -0.39 is 0 Å². The van der Waals surface area contributed by atoms with E-state index in [9.17, 15) is 0 Å². The van der Waals surface area contributed by atoms with Crippen LogP contribution >= 0.6 is 0 Å². The first-order valence-electron chi connectivity index (χ1n) is 7.50. The lowest BCUT2D eigenvalue weighted by atomic mass is 10.0. The summed E-state index contributed by atoms with van der Waals surface area (Å²) in [5, 5.41) is 3.81. The van der Waals surface area contributed by atoms with Crippen LogP contribution < -0.4 is 5.32 Å². The summed E-state index contributed by atoms with van der Waals surface area (Å²) in [4.78, 5) is 0. The zero-order chi connectivity index (χ0) is 12.2. The average Bonchev–Trinajstić information content (AvgIpc) is 2.26. The van der Waals surface area contributed by atoms with E-state index in [4.69, 9.17) is 0 Å². The zero-order valence-corrected chi connectivity index (χ0v) is 12.0. The Hall–Kier alpha value is -0.0400. The number of hydrogen-bond donors (Lipinski definition) is 1. The van der Waals surface area contributed by atoms with Crippen molar-refractivity contribution in [2.24, 2.45) is 0 Å². The minimum absolute atomic E-state index is 0.708. The third kappa shape index (κ3) is 9.21. The molecule has 0 heterocycles. The Balaban J connectivity index is 3.68. The molecule has 0 aliphatic carbocycles. The molecule has 1 N–H and O–H groups in total. The third-order valence-corrected chi connectivity index (χ3v) is 3.30. The predicted molar refractivity (Wildman–Crippen MR) is 75.0 cm³/mol. The largest absolute Gasteiger partial charge is 0.312 e. The van der Waals surface area contributed by atoms with Crippen molar-refractivity contribution >= 4 is 0 Å². The summed E-state index contributed by atoms with van der Waals surface area (Å²) in [5.41, 5.74) is 0. The normalized spacial score (nSPS) is 15.0. The first-order valence-corrected chi connectivity index (χ1v) is 7.50. The molecule has 0 amide bonds. The molecule has 0 saturated heterocycles. The lowest BCUT2D eigenvalue weighted by Gasteiger charge is -2.23. The Labute approximate surface area is 103 Å². The molecule has 0 aromatic heterocycles. The highest BCUT2D eigenvalue weighted by atomic mass is 14.9. The fourth-order valence-corrected chi connectivity index (χ4v) is 2.30. The molecule has 0 spiro atoms. The van der Waals surface area contributed by atoms with E-state index >= 15 is 0 Å². The van der Waals surface area contributed by atoms with Crippen molar-refractivity contribution in [2.45, 2.75) is 97.6 Å². The molecule has 0 aliphatic rings. The van der Waals surface area contributed by atoms with Crippen LogP contribution in [-0.2, 0) is 0 Å². The Morgan fingerprint density at radius 3 is 2.00 bits per heavy atom. The molecule has 2 atom stereocenters. The second-order valence-electron chi connectivity index (χ2n) is 5.19. The van der Waals surface area contributed by atoms with Crippen LogP contribution in [0.4, 0.5) is 0 Å². The van der Waals surface area contributed by atoms with E-state index in [2.05, 4.69) is 33.0 Å². The van der Waals surface area contributed by atoms with Crippen LogP contribution in [-0.4, -0.2) is 12.1 Å². The van der Waals surface area contributed by atoms with Crippen LogP contribution in [0.3, 0.4) is 0 Å². The van der Waals surface area contributed by atoms with Crippen molar-refractivity contribution in [3.63, 3.8) is 0 Å². The molecule has 1 heteroatoms. The Morgan fingerprint density at radius 1 is 0.750 bits per heavy atom. The summed E-state index contributed by atoms with van der Waals surface area (Å²) in [6.45, 7) is 9.21. The summed E-state index contributed by atoms with van der Waals surface area (Å²) in [7, 11) is 0. The van der Waals surface area contributed by atoms with Gasteiger partial charge in [-0.15, -0.1) is 0 Å². The van der Waals surface area contributed by atoms with E-state index in [0.717, 1.165) is 6.04 Å². The Kier molecular flexibility index (Phi) is 11.4. The van der Waals surface area contributed by atoms with Gasteiger partial charge < -0.3 is 5.32 Å². The first kappa shape index (κ1) is 16.0. The van der Waals surface area contributed by atoms with E-state index in [0.29, 0.717) is 6.04 Å². The van der Waals surface area contributed by atoms with E-state index in [1.165, 1.54) is 57.8 Å². The lowest BCUT2D eigenvalue weighted by Crippen LogP contribution is -2.36. The van der Waals surface area contributed by atoms with E-state index in [1.807, 2.05) is 0 Å². The maximum Gasteiger partial charge on any atom is 0.00694 e. The number of rotatable bonds is 11. The second kappa shape index (κ2) is 11.4. The van der Waals surface area contributed by atoms with Crippen LogP contribution in [0, 0.1) is 0 Å². The SMILES string of the molecule is CCCCCC(C)NC(CCC)CCCC. The average molecular weight is 227 g/mol. The lowest BCUT2D eigenvalue weighted by molar-refractivity contribution is 0.372. The van der Waals surface area contributed by atoms with E-state index in [-0.39, 0.29) is 0 Å². The van der Waals surface area contributed by atoms with Gasteiger partial charge in [0.05, 0.1) is 0 Å². The Bertz CT molecular complexity index is 133. The van der Waals surface area contributed by atoms with Crippen LogP contribution in [0.1, 0.15) is 85.5 Å². The molecule has 0 rings (SSSR count). The van der Waals surface area contributed by atoms with Crippen LogP contribution in [0.2, 0.25) is 0 Å². The van der Waals surface area contributed by atoms with Crippen LogP contribution in [0.25, 0.3) is 0 Å². The van der Waals surface area contributed by atoms with Crippen molar-refractivity contribution in [1.82, 2.24) is 5.32 Å². The molecule has 0 aliphatic heterocycles. The number of hydrogen-bond acceptors (Lipinski definition) is 1. The maximum absolute atomic E-state index is 3.81. The smallest absolute Gasteiger partial charge is 0.00694 e. The Morgan fingerprint density at radius 2 is 1.44 bits per heavy atom. The van der Waals surface area contributed by atoms with Crippen molar-refractivity contribution in [2.75, 3.05) is 0 Å². The molecule has 0 bridgehead atoms. The topological polar surface area (TPSA) is 12.0 Å². The van der Waals surface area contributed by atoms with E-state index in [1.54, 1.807) is 0 Å². The van der Waals surface area contributed by atoms with Gasteiger partial charge in [-0.05, 0) is 26.2 Å². The molecule has 16 heavy (non-hydrogen) atoms. The van der Waals surface area contributed by atoms with Crippen molar-refractivity contribution in [3.05, 3.63) is 0 Å². The molecular weight excluding hydrogens is 194 g/mol. The molecule has 0 fully saturated rings. The summed E-state index contributed by atoms with van der Waals surface area (Å²) in [6, 6.07) is 1.47. The summed E-state index contributed by atoms with van der Waals surface area (Å²) < 4.78 is 0. The van der Waals surface area contributed by atoms with Crippen molar-refractivity contribution < 1.29 is 0 Å². The van der Waals surface area contributed by atoms with Gasteiger partial charge in [0.15, 0.2) is 0 Å². The van der Waals surface area contributed by atoms with Gasteiger partial charge in [0.25, 0.3) is 0 Å². The van der Waals surface area contributed by atoms with Gasteiger partial charge in [-0.3, -0.25) is 0 Å². The highest BCUT2D eigenvalue weighted by Crippen LogP contribution is 2.10. The molecule has 0 saturated carbocycles. The van der Waals surface area contributed by atoms with Gasteiger partial charge in [0.1, 0.15) is 0 Å². The van der Waals surface area contributed by atoms with Crippen LogP contribution in [0.5, 0.6) is 0 Å². The molecule has 1 nitrogen and oxygen atoms in total. The highest BCUT2D eigenvalue weighted by Gasteiger charge is 2.10. The van der Waals surface area contributed by atoms with Gasteiger partial charge in [-0.2, -0.15) is 0 Å². The number of unbranched alkanes of at least 4 members (excludes halogenated alkanes) is 3. The molecule has 98 valence electrons. The summed E-state index contributed by atoms with van der Waals surface area (Å²) in [5.74, 6) is 0. The van der Waals surface area contributed by atoms with Gasteiger partial charge in [0, 0.05) is 12.1 Å². The second-order valence-corrected chi connectivity index (χ2v) is 5.19. The fourth-order valence-electron chi connectivity index (χ4n) is 2.30. The molecule has 0 aromatic carbocycles. The van der Waals surface area contributed by atoms with Crippen LogP contribution in [0.15, 0.2) is 0 Å². The van der Waals surface area contributed by atoms with Gasteiger partial charge in [-0.1, -0.05) is 59.3 Å². The predicted octanol–water partition coefficient (Wildman–Crippen LogP) is 4.90. The minimum Gasteiger partial charge on any atom is -0.312 e. The zero-order valence-electron chi connectivity index (χ0n) is 12.0. The maximum atomic E-state index is 3.81. The monoisotopic (exact) mass is 227 g/mol. The minimum atomic E-state index is 0.708. The first-order chi connectivity index (χ1) is 7.74.